The predicted molar refractivity (Wildman–Crippen MR) is 119 cm³/mol. The molecule has 0 aliphatic heterocycles. The summed E-state index contributed by atoms with van der Waals surface area (Å²) in [6.07, 6.45) is 0.195. The van der Waals surface area contributed by atoms with Crippen LogP contribution in [0.5, 0.6) is 0 Å². The summed E-state index contributed by atoms with van der Waals surface area (Å²) in [4.78, 5) is 12.0. The Bertz CT molecular complexity index is 1210. The molecule has 30 heavy (non-hydrogen) atoms. The molecule has 1 saturated carbocycles. The van der Waals surface area contributed by atoms with E-state index in [4.69, 9.17) is 11.6 Å². The number of benzene rings is 3. The summed E-state index contributed by atoms with van der Waals surface area (Å²) < 4.78 is 29.1. The Morgan fingerprint density at radius 1 is 1.03 bits per heavy atom. The summed E-state index contributed by atoms with van der Waals surface area (Å²) in [5.74, 6) is -1.62. The Morgan fingerprint density at radius 2 is 1.63 bits per heavy atom. The molecule has 3 aromatic rings. The van der Waals surface area contributed by atoms with Crippen molar-refractivity contribution in [1.29, 1.82) is 0 Å². The van der Waals surface area contributed by atoms with Gasteiger partial charge in [0, 0.05) is 15.4 Å². The molecule has 0 spiro atoms. The molecule has 0 saturated heterocycles. The van der Waals surface area contributed by atoms with Crippen LogP contribution in [0.1, 0.15) is 17.9 Å². The van der Waals surface area contributed by atoms with Crippen molar-refractivity contribution >= 4 is 43.5 Å². The van der Waals surface area contributed by atoms with Gasteiger partial charge in [-0.25, -0.2) is 8.42 Å². The molecule has 2 atom stereocenters. The van der Waals surface area contributed by atoms with Crippen LogP contribution in [0.25, 0.3) is 11.1 Å². The summed E-state index contributed by atoms with van der Waals surface area (Å²) in [6, 6.07) is 20.8. The minimum Gasteiger partial charge on any atom is -0.480 e. The lowest BCUT2D eigenvalue weighted by atomic mass is 10.1. The summed E-state index contributed by atoms with van der Waals surface area (Å²) >= 11 is 9.27. The summed E-state index contributed by atoms with van der Waals surface area (Å²) in [5.41, 5.74) is 0.953. The molecule has 0 heterocycles. The zero-order valence-electron chi connectivity index (χ0n) is 15.5. The lowest BCUT2D eigenvalue weighted by Gasteiger charge is -2.16. The molecule has 0 unspecified atom stereocenters. The van der Waals surface area contributed by atoms with Gasteiger partial charge in [0.25, 0.3) is 0 Å². The normalized spacial score (nSPS) is 20.7. The lowest BCUT2D eigenvalue weighted by Crippen LogP contribution is -2.44. The number of rotatable bonds is 6. The van der Waals surface area contributed by atoms with E-state index in [0.717, 1.165) is 21.2 Å². The largest absolute Gasteiger partial charge is 0.480 e. The number of sulfonamides is 1. The highest BCUT2D eigenvalue weighted by Crippen LogP contribution is 2.52. The molecular weight excluding hydrogens is 490 g/mol. The van der Waals surface area contributed by atoms with E-state index in [0.29, 0.717) is 5.02 Å². The Labute approximate surface area is 187 Å². The van der Waals surface area contributed by atoms with Crippen LogP contribution in [0, 0.1) is 0 Å². The number of hydrogen-bond donors (Lipinski definition) is 2. The van der Waals surface area contributed by atoms with Crippen molar-refractivity contribution in [3.05, 3.63) is 87.9 Å². The fraction of sp³-hybridized carbons (Fsp3) is 0.136. The summed E-state index contributed by atoms with van der Waals surface area (Å²) in [6.45, 7) is 0. The van der Waals surface area contributed by atoms with Crippen LogP contribution in [0.2, 0.25) is 5.02 Å². The van der Waals surface area contributed by atoms with E-state index in [1.54, 1.807) is 36.4 Å². The third-order valence-electron chi connectivity index (χ3n) is 5.25. The number of halogens is 2. The van der Waals surface area contributed by atoms with Crippen molar-refractivity contribution in [3.8, 4) is 11.1 Å². The van der Waals surface area contributed by atoms with Crippen LogP contribution in [0.3, 0.4) is 0 Å². The molecule has 2 N–H and O–H groups in total. The maximum Gasteiger partial charge on any atom is 0.325 e. The molecule has 5 nitrogen and oxygen atoms in total. The van der Waals surface area contributed by atoms with Gasteiger partial charge < -0.3 is 5.11 Å². The third-order valence-corrected chi connectivity index (χ3v) is 7.52. The Hall–Kier alpha value is -2.19. The van der Waals surface area contributed by atoms with Crippen LogP contribution < -0.4 is 4.72 Å². The number of carboxylic acid groups (broad SMARTS) is 1. The quantitative estimate of drug-likeness (QED) is 0.490. The summed E-state index contributed by atoms with van der Waals surface area (Å²) in [7, 11) is -4.02. The van der Waals surface area contributed by atoms with Gasteiger partial charge in [-0.1, -0.05) is 63.9 Å². The van der Waals surface area contributed by atoms with E-state index >= 15 is 0 Å². The zero-order valence-corrected chi connectivity index (χ0v) is 18.7. The second-order valence-electron chi connectivity index (χ2n) is 7.22. The summed E-state index contributed by atoms with van der Waals surface area (Å²) in [5, 5.41) is 10.4. The first-order valence-corrected chi connectivity index (χ1v) is 11.8. The maximum atomic E-state index is 12.9. The van der Waals surface area contributed by atoms with Gasteiger partial charge in [-0.15, -0.1) is 0 Å². The first-order valence-electron chi connectivity index (χ1n) is 9.10. The van der Waals surface area contributed by atoms with Crippen LogP contribution in [0.15, 0.2) is 82.2 Å². The number of aliphatic carboxylic acids is 1. The average Bonchev–Trinajstić information content (AvgIpc) is 3.44. The van der Waals surface area contributed by atoms with Gasteiger partial charge in [-0.2, -0.15) is 4.72 Å². The van der Waals surface area contributed by atoms with Gasteiger partial charge in [0.1, 0.15) is 5.54 Å². The van der Waals surface area contributed by atoms with E-state index in [9.17, 15) is 18.3 Å². The Kier molecular flexibility index (Phi) is 5.48. The van der Waals surface area contributed by atoms with Crippen LogP contribution in [-0.2, 0) is 14.8 Å². The first kappa shape index (κ1) is 21.1. The highest BCUT2D eigenvalue weighted by Gasteiger charge is 2.63. The zero-order chi connectivity index (χ0) is 21.5. The average molecular weight is 507 g/mol. The fourth-order valence-electron chi connectivity index (χ4n) is 3.55. The molecule has 1 fully saturated rings. The highest BCUT2D eigenvalue weighted by atomic mass is 79.9. The van der Waals surface area contributed by atoms with E-state index < -0.39 is 27.4 Å². The van der Waals surface area contributed by atoms with Crippen LogP contribution in [-0.4, -0.2) is 25.0 Å². The lowest BCUT2D eigenvalue weighted by molar-refractivity contribution is -0.140. The minimum atomic E-state index is -4.02. The molecule has 154 valence electrons. The standard InChI is InChI=1S/C22H17BrClNO4S/c23-17-3-1-2-16(12-17)20-13-22(20,21(26)27)25-30(28,29)19-10-6-15(7-11-19)14-4-8-18(24)9-5-14/h1-12,20,25H,13H2,(H,26,27)/t20-,22+/m0/s1. The van der Waals surface area contributed by atoms with E-state index in [1.165, 1.54) is 12.1 Å². The van der Waals surface area contributed by atoms with E-state index in [2.05, 4.69) is 20.7 Å². The minimum absolute atomic E-state index is 0.0146. The third kappa shape index (κ3) is 4.03. The van der Waals surface area contributed by atoms with Crippen molar-refractivity contribution in [2.45, 2.75) is 22.8 Å². The fourth-order valence-corrected chi connectivity index (χ4v) is 5.50. The van der Waals surface area contributed by atoms with Crippen LogP contribution in [0.4, 0.5) is 0 Å². The molecule has 0 amide bonds. The molecule has 0 aromatic heterocycles. The number of hydrogen-bond acceptors (Lipinski definition) is 3. The van der Waals surface area contributed by atoms with E-state index in [-0.39, 0.29) is 11.3 Å². The van der Waals surface area contributed by atoms with Gasteiger partial charge >= 0.3 is 5.97 Å². The van der Waals surface area contributed by atoms with Gasteiger partial charge in [-0.05, 0) is 59.5 Å². The monoisotopic (exact) mass is 505 g/mol. The van der Waals surface area contributed by atoms with Crippen molar-refractivity contribution in [2.75, 3.05) is 0 Å². The molecule has 3 aromatic carbocycles. The van der Waals surface area contributed by atoms with Gasteiger partial charge in [0.2, 0.25) is 10.0 Å². The van der Waals surface area contributed by atoms with Crippen molar-refractivity contribution in [3.63, 3.8) is 0 Å². The smallest absolute Gasteiger partial charge is 0.325 e. The SMILES string of the molecule is O=C(O)[C@@]1(NS(=O)(=O)c2ccc(-c3ccc(Cl)cc3)cc2)C[C@H]1c1cccc(Br)c1. The van der Waals surface area contributed by atoms with Gasteiger partial charge in [0.15, 0.2) is 0 Å². The number of carbonyl (C=O) groups is 1. The Morgan fingerprint density at radius 3 is 2.20 bits per heavy atom. The second kappa shape index (κ2) is 7.81. The molecule has 4 rings (SSSR count). The molecule has 1 aliphatic rings. The van der Waals surface area contributed by atoms with Crippen molar-refractivity contribution in [1.82, 2.24) is 4.72 Å². The first-order chi connectivity index (χ1) is 14.2. The van der Waals surface area contributed by atoms with Crippen molar-refractivity contribution < 1.29 is 18.3 Å². The molecular formula is C22H17BrClNO4S. The highest BCUT2D eigenvalue weighted by molar-refractivity contribution is 9.10. The molecule has 0 radical (unpaired) electrons. The number of carboxylic acids is 1. The molecule has 0 bridgehead atoms. The Balaban J connectivity index is 1.58. The number of nitrogens with one attached hydrogen (secondary N) is 1. The second-order valence-corrected chi connectivity index (χ2v) is 10.3. The topological polar surface area (TPSA) is 83.5 Å². The van der Waals surface area contributed by atoms with Crippen molar-refractivity contribution in [2.24, 2.45) is 0 Å². The maximum absolute atomic E-state index is 12.9. The van der Waals surface area contributed by atoms with E-state index in [1.807, 2.05) is 24.3 Å². The van der Waals surface area contributed by atoms with Gasteiger partial charge in [-0.3, -0.25) is 4.79 Å². The predicted octanol–water partition coefficient (Wildman–Crippen LogP) is 5.06. The van der Waals surface area contributed by atoms with Crippen LogP contribution >= 0.6 is 27.5 Å². The van der Waals surface area contributed by atoms with Gasteiger partial charge in [0.05, 0.1) is 4.90 Å². The molecule has 1 aliphatic carbocycles. The molecule has 8 heteroatoms.